The van der Waals surface area contributed by atoms with Crippen LogP contribution in [0, 0.1) is 5.92 Å². The molecule has 14 nitrogen and oxygen atoms in total. The predicted molar refractivity (Wildman–Crippen MR) is 213 cm³/mol. The molecule has 2 aromatic carbocycles. The van der Waals surface area contributed by atoms with Crippen molar-refractivity contribution < 1.29 is 32.7 Å². The quantitative estimate of drug-likeness (QED) is 0.178. The van der Waals surface area contributed by atoms with E-state index in [2.05, 4.69) is 31.5 Å². The second kappa shape index (κ2) is 14.3. The molecule has 0 radical (unpaired) electrons. The van der Waals surface area contributed by atoms with E-state index in [4.69, 9.17) is 5.10 Å². The van der Waals surface area contributed by atoms with Crippen molar-refractivity contribution in [2.45, 2.75) is 94.7 Å². The molecule has 4 aliphatic rings. The Kier molecular flexibility index (Phi) is 9.45. The van der Waals surface area contributed by atoms with Crippen LogP contribution < -0.4 is 21.2 Å². The number of imide groups is 1. The highest BCUT2D eigenvalue weighted by atomic mass is 19.4. The van der Waals surface area contributed by atoms with Crippen LogP contribution >= 0.6 is 0 Å². The Bertz CT molecular complexity index is 2560. The number of hydrogen-bond donors (Lipinski definition) is 3. The average Bonchev–Trinajstić information content (AvgIpc) is 3.96. The molecule has 2 bridgehead atoms. The monoisotopic (exact) mass is 813 g/mol. The lowest BCUT2D eigenvalue weighted by Gasteiger charge is -2.39. The highest BCUT2D eigenvalue weighted by Crippen LogP contribution is 2.41. The fraction of sp³-hybridized carbons (Fsp3) is 0.476. The van der Waals surface area contributed by atoms with Gasteiger partial charge in [0.15, 0.2) is 0 Å². The molecule has 3 N–H and O–H groups in total. The van der Waals surface area contributed by atoms with E-state index in [9.17, 15) is 37.5 Å². The van der Waals surface area contributed by atoms with Gasteiger partial charge in [-0.15, -0.1) is 0 Å². The summed E-state index contributed by atoms with van der Waals surface area (Å²) in [5, 5.41) is 21.7. The van der Waals surface area contributed by atoms with E-state index in [1.807, 2.05) is 23.0 Å². The van der Waals surface area contributed by atoms with E-state index in [1.54, 1.807) is 42.2 Å². The van der Waals surface area contributed by atoms with Crippen molar-refractivity contribution in [1.29, 1.82) is 0 Å². The largest absolute Gasteiger partial charge is 0.433 e. The number of piperazine rings is 1. The minimum atomic E-state index is -4.70. The van der Waals surface area contributed by atoms with E-state index in [-0.39, 0.29) is 29.7 Å². The van der Waals surface area contributed by atoms with Crippen molar-refractivity contribution in [3.63, 3.8) is 0 Å². The van der Waals surface area contributed by atoms with Gasteiger partial charge in [-0.05, 0) is 94.7 Å². The molecule has 6 heterocycles. The molecule has 3 aliphatic heterocycles. The van der Waals surface area contributed by atoms with E-state index >= 15 is 0 Å². The molecule has 1 saturated carbocycles. The average molecular weight is 814 g/mol. The van der Waals surface area contributed by atoms with Crippen LogP contribution in [0.15, 0.2) is 59.5 Å². The molecule has 1 aliphatic carbocycles. The number of aromatic nitrogens is 5. The minimum absolute atomic E-state index is 0.168. The number of fused-ring (bicyclic) bond motifs is 4. The van der Waals surface area contributed by atoms with Gasteiger partial charge in [-0.3, -0.25) is 38.4 Å². The number of anilines is 2. The van der Waals surface area contributed by atoms with Crippen LogP contribution in [0.1, 0.15) is 92.6 Å². The SMILES string of the molecule is Cn1c(=O)n(C2CCC(=O)NC2=O)c2cccc(N3C[C@H]4C[C@@H]3CN4C[C@H]3CC[C@H](n4cc5cc(NC(=O)c6cccc(C(F)(F)F)n6)c(C(C)(C)O)cc5n4)CC3)c21. The summed E-state index contributed by atoms with van der Waals surface area (Å²) >= 11 is 0. The lowest BCUT2D eigenvalue weighted by Crippen LogP contribution is -2.48. The second-order valence-corrected chi connectivity index (χ2v) is 17.1. The molecular weight excluding hydrogens is 768 g/mol. The van der Waals surface area contributed by atoms with Crippen LogP contribution in [0.2, 0.25) is 0 Å². The van der Waals surface area contributed by atoms with E-state index in [0.29, 0.717) is 41.0 Å². The normalized spacial score (nSPS) is 24.1. The number of amides is 3. The van der Waals surface area contributed by atoms with Gasteiger partial charge in [0.1, 0.15) is 17.4 Å². The molecule has 5 aromatic rings. The Balaban J connectivity index is 0.849. The molecule has 59 heavy (non-hydrogen) atoms. The zero-order chi connectivity index (χ0) is 41.5. The number of aliphatic hydroxyl groups is 1. The van der Waals surface area contributed by atoms with Gasteiger partial charge in [0, 0.05) is 68.0 Å². The van der Waals surface area contributed by atoms with Crippen LogP contribution in [0.25, 0.3) is 21.9 Å². The fourth-order valence-corrected chi connectivity index (χ4v) is 9.86. The number of carbonyl (C=O) groups is 3. The number of hydrogen-bond acceptors (Lipinski definition) is 9. The Hall–Kier alpha value is -5.55. The molecule has 1 unspecified atom stereocenters. The highest BCUT2D eigenvalue weighted by Gasteiger charge is 2.45. The van der Waals surface area contributed by atoms with Gasteiger partial charge in [-0.2, -0.15) is 18.3 Å². The van der Waals surface area contributed by atoms with Crippen LogP contribution in [0.3, 0.4) is 0 Å². The van der Waals surface area contributed by atoms with Gasteiger partial charge in [0.05, 0.1) is 33.9 Å². The number of aryl methyl sites for hydroxylation is 1. The number of carbonyl (C=O) groups excluding carboxylic acids is 3. The summed E-state index contributed by atoms with van der Waals surface area (Å²) in [5.41, 5.74) is 0.558. The molecule has 3 atom stereocenters. The van der Waals surface area contributed by atoms with Crippen molar-refractivity contribution in [3.05, 3.63) is 82.2 Å². The first-order chi connectivity index (χ1) is 28.0. The lowest BCUT2D eigenvalue weighted by atomic mass is 9.85. The smallest absolute Gasteiger partial charge is 0.386 e. The number of halogens is 3. The second-order valence-electron chi connectivity index (χ2n) is 17.1. The number of alkyl halides is 3. The summed E-state index contributed by atoms with van der Waals surface area (Å²) in [4.78, 5) is 59.7. The Morgan fingerprint density at radius 2 is 1.73 bits per heavy atom. The zero-order valence-corrected chi connectivity index (χ0v) is 33.0. The predicted octanol–water partition coefficient (Wildman–Crippen LogP) is 5.26. The summed E-state index contributed by atoms with van der Waals surface area (Å²) in [5.74, 6) is -1.05. The number of rotatable bonds is 8. The van der Waals surface area contributed by atoms with Crippen molar-refractivity contribution in [2.75, 3.05) is 29.9 Å². The van der Waals surface area contributed by atoms with E-state index in [1.165, 1.54) is 6.07 Å². The van der Waals surface area contributed by atoms with E-state index in [0.717, 1.165) is 80.5 Å². The maximum atomic E-state index is 13.5. The molecular formula is C42H46F3N9O5. The first-order valence-corrected chi connectivity index (χ1v) is 20.2. The number of nitrogens with one attached hydrogen (secondary N) is 2. The first kappa shape index (κ1) is 38.9. The Morgan fingerprint density at radius 1 is 0.966 bits per heavy atom. The summed E-state index contributed by atoms with van der Waals surface area (Å²) in [6.45, 7) is 5.93. The van der Waals surface area contributed by atoms with Crippen LogP contribution in [-0.2, 0) is 28.4 Å². The first-order valence-electron chi connectivity index (χ1n) is 20.2. The van der Waals surface area contributed by atoms with Gasteiger partial charge >= 0.3 is 11.9 Å². The third-order valence-electron chi connectivity index (χ3n) is 12.8. The highest BCUT2D eigenvalue weighted by molar-refractivity contribution is 6.04. The molecule has 17 heteroatoms. The summed E-state index contributed by atoms with van der Waals surface area (Å²) in [6.07, 6.45) is 2.71. The van der Waals surface area contributed by atoms with Gasteiger partial charge in [-0.25, -0.2) is 9.78 Å². The summed E-state index contributed by atoms with van der Waals surface area (Å²) < 4.78 is 45.0. The Morgan fingerprint density at radius 3 is 2.42 bits per heavy atom. The number of likely N-dealkylation sites (tertiary alicyclic amines) is 1. The molecule has 310 valence electrons. The summed E-state index contributed by atoms with van der Waals surface area (Å²) in [6, 6.07) is 12.6. The number of benzene rings is 2. The number of para-hydroxylation sites is 1. The third kappa shape index (κ3) is 7.07. The third-order valence-corrected chi connectivity index (χ3v) is 12.8. The lowest BCUT2D eigenvalue weighted by molar-refractivity contribution is -0.141. The van der Waals surface area contributed by atoms with Gasteiger partial charge in [-0.1, -0.05) is 12.1 Å². The number of nitrogens with zero attached hydrogens (tertiary/aromatic N) is 7. The van der Waals surface area contributed by atoms with Crippen LogP contribution in [0.4, 0.5) is 24.5 Å². The van der Waals surface area contributed by atoms with Crippen molar-refractivity contribution >= 4 is 51.0 Å². The number of piperidine rings is 1. The maximum Gasteiger partial charge on any atom is 0.433 e. The standard InChI is InChI=1S/C42H46F3N9O5/c1-41(2,59)28-18-30-24(16-31(28)47-38(56)29-6-4-9-35(46-29)42(43,44)45)20-53(49-30)25-12-10-23(11-13-25)19-51-21-27-17-26(51)22-52(27)32-7-5-8-33-37(32)50(3)40(58)54(33)34-14-15-36(55)48-39(34)57/h4-9,16,18,20,23,25-27,34,59H,10-15,17,19,21-22H2,1-3H3,(H,47,56)(H,48,55,57)/t23-,25-,26-,27-,34?/m1/s1. The molecule has 3 saturated heterocycles. The van der Waals surface area contributed by atoms with Gasteiger partial charge in [0.2, 0.25) is 11.8 Å². The Labute approximate surface area is 337 Å². The zero-order valence-electron chi connectivity index (χ0n) is 33.0. The minimum Gasteiger partial charge on any atom is -0.386 e. The summed E-state index contributed by atoms with van der Waals surface area (Å²) in [7, 11) is 1.75. The fourth-order valence-electron chi connectivity index (χ4n) is 9.86. The van der Waals surface area contributed by atoms with Crippen LogP contribution in [-0.4, -0.2) is 83.3 Å². The molecule has 0 spiro atoms. The number of imidazole rings is 1. The van der Waals surface area contributed by atoms with Crippen molar-refractivity contribution in [1.82, 2.24) is 34.1 Å². The molecule has 3 aromatic heterocycles. The molecule has 4 fully saturated rings. The van der Waals surface area contributed by atoms with Gasteiger partial charge < -0.3 is 15.3 Å². The molecule has 3 amide bonds. The number of pyridine rings is 1. The maximum absolute atomic E-state index is 13.5. The van der Waals surface area contributed by atoms with Crippen molar-refractivity contribution in [2.24, 2.45) is 13.0 Å². The van der Waals surface area contributed by atoms with Crippen LogP contribution in [0.5, 0.6) is 0 Å². The van der Waals surface area contributed by atoms with Crippen molar-refractivity contribution in [3.8, 4) is 0 Å². The van der Waals surface area contributed by atoms with Gasteiger partial charge in [0.25, 0.3) is 5.91 Å². The molecule has 9 rings (SSSR count). The topological polar surface area (TPSA) is 160 Å². The van der Waals surface area contributed by atoms with E-state index < -0.39 is 41.0 Å².